The third kappa shape index (κ3) is 2.36. The number of ether oxygens (including phenoxy) is 1. The van der Waals surface area contributed by atoms with Crippen LogP contribution in [0.2, 0.25) is 0 Å². The summed E-state index contributed by atoms with van der Waals surface area (Å²) in [6.45, 7) is 5.46. The molecule has 0 bridgehead atoms. The van der Waals surface area contributed by atoms with Crippen LogP contribution in [0.4, 0.5) is 0 Å². The van der Waals surface area contributed by atoms with E-state index < -0.39 is 11.4 Å². The quantitative estimate of drug-likeness (QED) is 0.719. The van der Waals surface area contributed by atoms with Crippen molar-refractivity contribution in [2.75, 3.05) is 13.2 Å². The van der Waals surface area contributed by atoms with E-state index in [1.165, 1.54) is 0 Å². The van der Waals surface area contributed by atoms with Gasteiger partial charge < -0.3 is 15.2 Å². The van der Waals surface area contributed by atoms with Gasteiger partial charge in [0.2, 0.25) is 5.91 Å². The second-order valence-corrected chi connectivity index (χ2v) is 5.73. The molecule has 0 radical (unpaired) electrons. The predicted octanol–water partition coefficient (Wildman–Crippen LogP) is 1.03. The molecule has 1 saturated carbocycles. The summed E-state index contributed by atoms with van der Waals surface area (Å²) in [4.78, 5) is 22.9. The minimum atomic E-state index is -1.13. The number of nitrogens with one attached hydrogen (secondary N) is 1. The Kier molecular flexibility index (Phi) is 3.61. The number of hydrogen-bond acceptors (Lipinski definition) is 3. The molecule has 1 aliphatic carbocycles. The molecule has 2 N–H and O–H groups in total. The molecule has 2 atom stereocenters. The lowest BCUT2D eigenvalue weighted by Gasteiger charge is -2.22. The van der Waals surface area contributed by atoms with Crippen LogP contribution in [-0.4, -0.2) is 36.2 Å². The van der Waals surface area contributed by atoms with Crippen LogP contribution >= 0.6 is 0 Å². The van der Waals surface area contributed by atoms with E-state index in [1.807, 2.05) is 0 Å². The monoisotopic (exact) mass is 255 g/mol. The van der Waals surface area contributed by atoms with Crippen molar-refractivity contribution in [1.82, 2.24) is 5.32 Å². The first-order valence-corrected chi connectivity index (χ1v) is 6.60. The van der Waals surface area contributed by atoms with Crippen molar-refractivity contribution in [2.24, 2.45) is 17.3 Å². The van der Waals surface area contributed by atoms with E-state index in [2.05, 4.69) is 19.2 Å². The fourth-order valence-corrected chi connectivity index (χ4v) is 2.67. The van der Waals surface area contributed by atoms with Gasteiger partial charge >= 0.3 is 5.97 Å². The number of hydrogen-bond donors (Lipinski definition) is 2. The number of carboxylic acids is 1. The fourth-order valence-electron chi connectivity index (χ4n) is 2.67. The zero-order valence-electron chi connectivity index (χ0n) is 10.9. The van der Waals surface area contributed by atoms with Gasteiger partial charge in [-0.15, -0.1) is 0 Å². The molecule has 5 heteroatoms. The molecule has 1 aliphatic heterocycles. The highest BCUT2D eigenvalue weighted by molar-refractivity contribution is 6.04. The first kappa shape index (κ1) is 13.3. The zero-order chi connectivity index (χ0) is 13.3. The van der Waals surface area contributed by atoms with Crippen molar-refractivity contribution in [2.45, 2.75) is 39.2 Å². The molecule has 18 heavy (non-hydrogen) atoms. The van der Waals surface area contributed by atoms with Gasteiger partial charge in [0.05, 0.1) is 6.10 Å². The van der Waals surface area contributed by atoms with Crippen molar-refractivity contribution >= 4 is 11.9 Å². The number of rotatable bonds is 5. The molecule has 102 valence electrons. The molecule has 1 heterocycles. The van der Waals surface area contributed by atoms with Gasteiger partial charge in [-0.25, -0.2) is 0 Å². The summed E-state index contributed by atoms with van der Waals surface area (Å²) >= 11 is 0. The molecule has 0 aromatic rings. The fraction of sp³-hybridized carbons (Fsp3) is 0.846. The summed E-state index contributed by atoms with van der Waals surface area (Å²) in [6, 6.07) is 0. The molecule has 0 aromatic heterocycles. The minimum absolute atomic E-state index is 0.172. The van der Waals surface area contributed by atoms with Crippen LogP contribution in [0.25, 0.3) is 0 Å². The molecule has 1 saturated heterocycles. The summed E-state index contributed by atoms with van der Waals surface area (Å²) in [6.07, 6.45) is 2.03. The van der Waals surface area contributed by atoms with Crippen molar-refractivity contribution in [3.63, 3.8) is 0 Å². The van der Waals surface area contributed by atoms with Crippen molar-refractivity contribution in [1.29, 1.82) is 0 Å². The SMILES string of the molecule is CC(C)C1OCCC1CNC(=O)C1(C(=O)O)CC1. The first-order valence-electron chi connectivity index (χ1n) is 6.60. The van der Waals surface area contributed by atoms with E-state index in [9.17, 15) is 9.59 Å². The van der Waals surface area contributed by atoms with E-state index in [4.69, 9.17) is 9.84 Å². The average molecular weight is 255 g/mol. The third-order valence-electron chi connectivity index (χ3n) is 4.04. The van der Waals surface area contributed by atoms with Gasteiger partial charge in [0.15, 0.2) is 0 Å². The molecule has 2 fully saturated rings. The summed E-state index contributed by atoms with van der Waals surface area (Å²) in [5.41, 5.74) is -1.13. The molecule has 2 unspecified atom stereocenters. The smallest absolute Gasteiger partial charge is 0.319 e. The largest absolute Gasteiger partial charge is 0.480 e. The lowest BCUT2D eigenvalue weighted by atomic mass is 9.92. The average Bonchev–Trinajstić information content (AvgIpc) is 2.99. The first-order chi connectivity index (χ1) is 8.47. The molecule has 2 rings (SSSR count). The van der Waals surface area contributed by atoms with E-state index in [-0.39, 0.29) is 12.0 Å². The van der Waals surface area contributed by atoms with Gasteiger partial charge in [-0.3, -0.25) is 9.59 Å². The molecule has 2 aliphatic rings. The lowest BCUT2D eigenvalue weighted by Crippen LogP contribution is -2.41. The Morgan fingerprint density at radius 1 is 1.44 bits per heavy atom. The molecule has 1 amide bonds. The van der Waals surface area contributed by atoms with Crippen LogP contribution in [-0.2, 0) is 14.3 Å². The second kappa shape index (κ2) is 4.88. The number of amides is 1. The van der Waals surface area contributed by atoms with E-state index >= 15 is 0 Å². The number of carbonyl (C=O) groups is 2. The second-order valence-electron chi connectivity index (χ2n) is 5.73. The normalized spacial score (nSPS) is 29.3. The van der Waals surface area contributed by atoms with E-state index in [0.29, 0.717) is 31.2 Å². The maximum Gasteiger partial charge on any atom is 0.319 e. The highest BCUT2D eigenvalue weighted by atomic mass is 16.5. The maximum absolute atomic E-state index is 11.9. The molecular weight excluding hydrogens is 234 g/mol. The summed E-state index contributed by atoms with van der Waals surface area (Å²) < 4.78 is 5.64. The number of carboxylic acid groups (broad SMARTS) is 1. The van der Waals surface area contributed by atoms with E-state index in [1.54, 1.807) is 0 Å². The molecule has 5 nitrogen and oxygen atoms in total. The third-order valence-corrected chi connectivity index (χ3v) is 4.04. The summed E-state index contributed by atoms with van der Waals surface area (Å²) in [5, 5.41) is 11.8. The Morgan fingerprint density at radius 2 is 2.11 bits per heavy atom. The topological polar surface area (TPSA) is 75.6 Å². The maximum atomic E-state index is 11.9. The Hall–Kier alpha value is -1.10. The van der Waals surface area contributed by atoms with Gasteiger partial charge in [-0.05, 0) is 25.2 Å². The van der Waals surface area contributed by atoms with Gasteiger partial charge in [-0.2, -0.15) is 0 Å². The predicted molar refractivity (Wildman–Crippen MR) is 65.0 cm³/mol. The van der Waals surface area contributed by atoms with Gasteiger partial charge in [-0.1, -0.05) is 13.8 Å². The summed E-state index contributed by atoms with van der Waals surface area (Å²) in [5.74, 6) is -0.602. The van der Waals surface area contributed by atoms with Crippen LogP contribution < -0.4 is 5.32 Å². The van der Waals surface area contributed by atoms with Crippen LogP contribution in [0, 0.1) is 17.3 Å². The molecule has 0 aromatic carbocycles. The van der Waals surface area contributed by atoms with Gasteiger partial charge in [0, 0.05) is 19.1 Å². The highest BCUT2D eigenvalue weighted by Gasteiger charge is 2.57. The minimum Gasteiger partial charge on any atom is -0.480 e. The standard InChI is InChI=1S/C13H21NO4/c1-8(2)10-9(3-6-18-10)7-14-11(15)13(4-5-13)12(16)17/h8-10H,3-7H2,1-2H3,(H,14,15)(H,16,17). The summed E-state index contributed by atoms with van der Waals surface area (Å²) in [7, 11) is 0. The Morgan fingerprint density at radius 3 is 2.61 bits per heavy atom. The van der Waals surface area contributed by atoms with Crippen LogP contribution in [0.3, 0.4) is 0 Å². The number of aliphatic carboxylic acids is 1. The Balaban J connectivity index is 1.85. The van der Waals surface area contributed by atoms with Crippen molar-refractivity contribution in [3.05, 3.63) is 0 Å². The highest BCUT2D eigenvalue weighted by Crippen LogP contribution is 2.46. The Labute approximate surface area is 107 Å². The van der Waals surface area contributed by atoms with Crippen LogP contribution in [0.5, 0.6) is 0 Å². The van der Waals surface area contributed by atoms with Crippen LogP contribution in [0.15, 0.2) is 0 Å². The van der Waals surface area contributed by atoms with Crippen LogP contribution in [0.1, 0.15) is 33.1 Å². The van der Waals surface area contributed by atoms with Gasteiger partial charge in [0.25, 0.3) is 0 Å². The van der Waals surface area contributed by atoms with E-state index in [0.717, 1.165) is 13.0 Å². The van der Waals surface area contributed by atoms with Crippen molar-refractivity contribution in [3.8, 4) is 0 Å². The van der Waals surface area contributed by atoms with Crippen molar-refractivity contribution < 1.29 is 19.4 Å². The Bertz CT molecular complexity index is 349. The lowest BCUT2D eigenvalue weighted by molar-refractivity contribution is -0.149. The zero-order valence-corrected chi connectivity index (χ0v) is 10.9. The molecular formula is C13H21NO4. The molecule has 0 spiro atoms. The van der Waals surface area contributed by atoms with Gasteiger partial charge in [0.1, 0.15) is 5.41 Å². The number of carbonyl (C=O) groups excluding carboxylic acids is 1.